The Morgan fingerprint density at radius 2 is 1.76 bits per heavy atom. The Morgan fingerprint density at radius 3 is 2.52 bits per heavy atom. The quantitative estimate of drug-likeness (QED) is 0.456. The summed E-state index contributed by atoms with van der Waals surface area (Å²) in [5, 5.41) is 6.98. The number of nitrogens with zero attached hydrogens (tertiary/aromatic N) is 3. The molecular formula is C27H37N5O. The van der Waals surface area contributed by atoms with E-state index in [-0.39, 0.29) is 5.91 Å². The summed E-state index contributed by atoms with van der Waals surface area (Å²) in [5.74, 6) is 1.12. The Hall–Kier alpha value is -2.86. The zero-order chi connectivity index (χ0) is 22.9. The Kier molecular flexibility index (Phi) is 8.36. The van der Waals surface area contributed by atoms with Crippen molar-refractivity contribution in [2.75, 3.05) is 26.2 Å². The molecule has 2 heterocycles. The molecule has 33 heavy (non-hydrogen) atoms. The van der Waals surface area contributed by atoms with E-state index in [9.17, 15) is 4.79 Å². The summed E-state index contributed by atoms with van der Waals surface area (Å²) in [5.41, 5.74) is 3.75. The van der Waals surface area contributed by atoms with E-state index in [2.05, 4.69) is 71.0 Å². The number of carbonyl (C=O) groups excluding carboxylic acids is 1. The molecule has 6 nitrogen and oxygen atoms in total. The van der Waals surface area contributed by atoms with Crippen LogP contribution in [0.25, 0.3) is 0 Å². The lowest BCUT2D eigenvalue weighted by atomic mass is 10.1. The smallest absolute Gasteiger partial charge is 0.222 e. The SMILES string of the molecule is CCNC(=NCc1ccccc1CN1CCCC1=O)NCC1CCCN1Cc1ccccc1. The monoisotopic (exact) mass is 447 g/mol. The van der Waals surface area contributed by atoms with Crippen LogP contribution in [0.5, 0.6) is 0 Å². The molecule has 2 N–H and O–H groups in total. The van der Waals surface area contributed by atoms with Gasteiger partial charge in [0.05, 0.1) is 6.54 Å². The van der Waals surface area contributed by atoms with Crippen LogP contribution in [0.4, 0.5) is 0 Å². The molecule has 0 aliphatic carbocycles. The van der Waals surface area contributed by atoms with Crippen LogP contribution in [0.3, 0.4) is 0 Å². The largest absolute Gasteiger partial charge is 0.357 e. The van der Waals surface area contributed by atoms with Crippen LogP contribution in [0.1, 0.15) is 49.3 Å². The number of carbonyl (C=O) groups is 1. The van der Waals surface area contributed by atoms with Gasteiger partial charge in [-0.05, 0) is 49.4 Å². The molecule has 1 atom stereocenters. The average Bonchev–Trinajstić information content (AvgIpc) is 3.45. The van der Waals surface area contributed by atoms with E-state index in [4.69, 9.17) is 4.99 Å². The molecular weight excluding hydrogens is 410 g/mol. The van der Waals surface area contributed by atoms with E-state index in [1.54, 1.807) is 0 Å². The number of likely N-dealkylation sites (tertiary alicyclic amines) is 2. The first-order chi connectivity index (χ1) is 16.2. The number of guanidine groups is 1. The van der Waals surface area contributed by atoms with Gasteiger partial charge in [-0.15, -0.1) is 0 Å². The zero-order valence-electron chi connectivity index (χ0n) is 19.8. The normalized spacial score (nSPS) is 19.3. The molecule has 1 unspecified atom stereocenters. The fraction of sp³-hybridized carbons (Fsp3) is 0.481. The number of hydrogen-bond donors (Lipinski definition) is 2. The van der Waals surface area contributed by atoms with Crippen LogP contribution in [0.2, 0.25) is 0 Å². The van der Waals surface area contributed by atoms with Crippen LogP contribution in [-0.2, 0) is 24.4 Å². The van der Waals surface area contributed by atoms with Crippen molar-refractivity contribution >= 4 is 11.9 Å². The molecule has 0 aromatic heterocycles. The van der Waals surface area contributed by atoms with Gasteiger partial charge >= 0.3 is 0 Å². The van der Waals surface area contributed by atoms with Gasteiger partial charge in [0, 0.05) is 45.2 Å². The highest BCUT2D eigenvalue weighted by Gasteiger charge is 2.24. The standard InChI is InChI=1S/C27H37N5O/c1-2-28-27(30-19-25-14-8-16-31(25)20-22-10-4-3-5-11-22)29-18-23-12-6-7-13-24(23)21-32-17-9-15-26(32)33/h3-7,10-13,25H,2,8-9,14-21H2,1H3,(H2,28,29,30). The first-order valence-electron chi connectivity index (χ1n) is 12.4. The van der Waals surface area contributed by atoms with Gasteiger partial charge in [0.1, 0.15) is 0 Å². The van der Waals surface area contributed by atoms with Crippen LogP contribution >= 0.6 is 0 Å². The van der Waals surface area contributed by atoms with Crippen LogP contribution in [0.15, 0.2) is 59.6 Å². The van der Waals surface area contributed by atoms with Crippen LogP contribution < -0.4 is 10.6 Å². The maximum absolute atomic E-state index is 12.1. The minimum atomic E-state index is 0.264. The van der Waals surface area contributed by atoms with Crippen molar-refractivity contribution in [3.8, 4) is 0 Å². The Morgan fingerprint density at radius 1 is 0.970 bits per heavy atom. The topological polar surface area (TPSA) is 60.0 Å². The molecule has 2 aliphatic rings. The number of nitrogens with one attached hydrogen (secondary N) is 2. The van der Waals surface area contributed by atoms with Crippen molar-refractivity contribution in [1.82, 2.24) is 20.4 Å². The lowest BCUT2D eigenvalue weighted by Crippen LogP contribution is -2.44. The van der Waals surface area contributed by atoms with Crippen molar-refractivity contribution in [3.63, 3.8) is 0 Å². The molecule has 0 radical (unpaired) electrons. The van der Waals surface area contributed by atoms with Gasteiger partial charge in [0.15, 0.2) is 5.96 Å². The van der Waals surface area contributed by atoms with Crippen LogP contribution in [0, 0.1) is 0 Å². The van der Waals surface area contributed by atoms with Crippen molar-refractivity contribution in [1.29, 1.82) is 0 Å². The van der Waals surface area contributed by atoms with Gasteiger partial charge in [-0.1, -0.05) is 54.6 Å². The van der Waals surface area contributed by atoms with E-state index < -0.39 is 0 Å². The van der Waals surface area contributed by atoms with Gasteiger partial charge in [-0.2, -0.15) is 0 Å². The fourth-order valence-corrected chi connectivity index (χ4v) is 4.82. The minimum Gasteiger partial charge on any atom is -0.357 e. The van der Waals surface area contributed by atoms with Crippen molar-refractivity contribution in [2.24, 2.45) is 4.99 Å². The third-order valence-electron chi connectivity index (χ3n) is 6.64. The predicted octanol–water partition coefficient (Wildman–Crippen LogP) is 3.53. The third kappa shape index (κ3) is 6.57. The highest BCUT2D eigenvalue weighted by atomic mass is 16.2. The van der Waals surface area contributed by atoms with E-state index in [0.29, 0.717) is 25.6 Å². The second kappa shape index (κ2) is 11.8. The summed E-state index contributed by atoms with van der Waals surface area (Å²) >= 11 is 0. The second-order valence-electron chi connectivity index (χ2n) is 9.02. The molecule has 1 amide bonds. The molecule has 176 valence electrons. The Labute approximate surface area is 198 Å². The molecule has 2 fully saturated rings. The molecule has 0 spiro atoms. The first kappa shape index (κ1) is 23.3. The second-order valence-corrected chi connectivity index (χ2v) is 9.02. The fourth-order valence-electron chi connectivity index (χ4n) is 4.82. The maximum atomic E-state index is 12.1. The van der Waals surface area contributed by atoms with Crippen molar-refractivity contribution in [2.45, 2.75) is 58.3 Å². The van der Waals surface area contributed by atoms with Crippen molar-refractivity contribution < 1.29 is 4.79 Å². The maximum Gasteiger partial charge on any atom is 0.222 e. The van der Waals surface area contributed by atoms with Gasteiger partial charge in [0.25, 0.3) is 0 Å². The minimum absolute atomic E-state index is 0.264. The number of amides is 1. The highest BCUT2D eigenvalue weighted by Crippen LogP contribution is 2.20. The molecule has 2 saturated heterocycles. The third-order valence-corrected chi connectivity index (χ3v) is 6.64. The molecule has 0 saturated carbocycles. The number of rotatable bonds is 9. The zero-order valence-corrected chi connectivity index (χ0v) is 19.8. The Balaban J connectivity index is 1.35. The van der Waals surface area contributed by atoms with Crippen molar-refractivity contribution in [3.05, 3.63) is 71.3 Å². The van der Waals surface area contributed by atoms with Gasteiger partial charge < -0.3 is 15.5 Å². The predicted molar refractivity (Wildman–Crippen MR) is 134 cm³/mol. The summed E-state index contributed by atoms with van der Waals surface area (Å²) in [6.45, 7) is 8.12. The lowest BCUT2D eigenvalue weighted by molar-refractivity contribution is -0.128. The van der Waals surface area contributed by atoms with Crippen LogP contribution in [-0.4, -0.2) is 53.9 Å². The molecule has 2 aromatic carbocycles. The summed E-state index contributed by atoms with van der Waals surface area (Å²) in [6.07, 6.45) is 4.11. The molecule has 4 rings (SSSR count). The molecule has 2 aliphatic heterocycles. The number of benzene rings is 2. The summed E-state index contributed by atoms with van der Waals surface area (Å²) in [4.78, 5) is 21.5. The van der Waals surface area contributed by atoms with E-state index >= 15 is 0 Å². The van der Waals surface area contributed by atoms with Gasteiger partial charge in [-0.25, -0.2) is 4.99 Å². The van der Waals surface area contributed by atoms with E-state index in [0.717, 1.165) is 45.1 Å². The summed E-state index contributed by atoms with van der Waals surface area (Å²) < 4.78 is 0. The average molecular weight is 448 g/mol. The van der Waals surface area contributed by atoms with Gasteiger partial charge in [0.2, 0.25) is 5.91 Å². The first-order valence-corrected chi connectivity index (χ1v) is 12.4. The molecule has 0 bridgehead atoms. The number of aliphatic imine (C=N–C) groups is 1. The summed E-state index contributed by atoms with van der Waals surface area (Å²) in [7, 11) is 0. The van der Waals surface area contributed by atoms with E-state index in [1.165, 1.54) is 29.5 Å². The lowest BCUT2D eigenvalue weighted by Gasteiger charge is -2.25. The molecule has 6 heteroatoms. The van der Waals surface area contributed by atoms with E-state index in [1.807, 2.05) is 11.0 Å². The highest BCUT2D eigenvalue weighted by molar-refractivity contribution is 5.80. The summed E-state index contributed by atoms with van der Waals surface area (Å²) in [6, 6.07) is 19.6. The Bertz CT molecular complexity index is 929. The number of hydrogen-bond acceptors (Lipinski definition) is 3. The van der Waals surface area contributed by atoms with Gasteiger partial charge in [-0.3, -0.25) is 9.69 Å². The molecule has 2 aromatic rings.